The highest BCUT2D eigenvalue weighted by atomic mass is 32.1. The zero-order chi connectivity index (χ0) is 21.1. The quantitative estimate of drug-likeness (QED) is 0.326. The van der Waals surface area contributed by atoms with Gasteiger partial charge in [-0.05, 0) is 68.6 Å². The van der Waals surface area contributed by atoms with Crippen molar-refractivity contribution in [3.63, 3.8) is 0 Å². The summed E-state index contributed by atoms with van der Waals surface area (Å²) in [6, 6.07) is 22.1. The molecule has 0 unspecified atom stereocenters. The summed E-state index contributed by atoms with van der Waals surface area (Å²) in [4.78, 5) is 13.0. The lowest BCUT2D eigenvalue weighted by Crippen LogP contribution is -2.41. The molecular weight excluding hydrogens is 391 g/mol. The third-order valence-corrected chi connectivity index (χ3v) is 7.50. The van der Waals surface area contributed by atoms with Crippen LogP contribution >= 0.6 is 11.3 Å². The summed E-state index contributed by atoms with van der Waals surface area (Å²) in [6.07, 6.45) is 0. The molecule has 0 atom stereocenters. The van der Waals surface area contributed by atoms with E-state index >= 15 is 0 Å². The molecule has 0 saturated carbocycles. The van der Waals surface area contributed by atoms with E-state index in [1.807, 2.05) is 48.5 Å². The first-order valence-corrected chi connectivity index (χ1v) is 11.0. The van der Waals surface area contributed by atoms with E-state index in [1.54, 1.807) is 11.3 Å². The SMILES string of the molecule is CC1(C)OB(c2ccc(-c3ccc4sc5ccccc5c(=O)c4c3)cc2)OC1(C)C. The first kappa shape index (κ1) is 19.5. The highest BCUT2D eigenvalue weighted by Gasteiger charge is 2.51. The summed E-state index contributed by atoms with van der Waals surface area (Å²) in [5.41, 5.74) is 2.47. The maximum absolute atomic E-state index is 13.0. The molecule has 0 amide bonds. The number of rotatable bonds is 2. The van der Waals surface area contributed by atoms with Crippen molar-refractivity contribution < 1.29 is 9.31 Å². The summed E-state index contributed by atoms with van der Waals surface area (Å²) in [5.74, 6) is 0. The van der Waals surface area contributed by atoms with E-state index < -0.39 is 0 Å². The van der Waals surface area contributed by atoms with Crippen LogP contribution in [0.3, 0.4) is 0 Å². The fourth-order valence-corrected chi connectivity index (χ4v) is 4.85. The van der Waals surface area contributed by atoms with Crippen molar-refractivity contribution in [1.82, 2.24) is 0 Å². The molecule has 1 saturated heterocycles. The van der Waals surface area contributed by atoms with Crippen molar-refractivity contribution in [2.24, 2.45) is 0 Å². The van der Waals surface area contributed by atoms with Crippen LogP contribution in [0.2, 0.25) is 0 Å². The average molecular weight is 414 g/mol. The van der Waals surface area contributed by atoms with Gasteiger partial charge in [0.25, 0.3) is 0 Å². The Morgan fingerprint density at radius 2 is 1.33 bits per heavy atom. The van der Waals surface area contributed by atoms with E-state index in [0.29, 0.717) is 0 Å². The first-order valence-electron chi connectivity index (χ1n) is 10.2. The lowest BCUT2D eigenvalue weighted by Gasteiger charge is -2.32. The van der Waals surface area contributed by atoms with Crippen LogP contribution in [-0.4, -0.2) is 18.3 Å². The zero-order valence-corrected chi connectivity index (χ0v) is 18.4. The minimum Gasteiger partial charge on any atom is -0.399 e. The van der Waals surface area contributed by atoms with Gasteiger partial charge in [-0.2, -0.15) is 0 Å². The van der Waals surface area contributed by atoms with E-state index in [0.717, 1.165) is 36.8 Å². The number of benzene rings is 3. The molecule has 150 valence electrons. The van der Waals surface area contributed by atoms with Gasteiger partial charge in [0.05, 0.1) is 11.2 Å². The monoisotopic (exact) mass is 414 g/mol. The minimum absolute atomic E-state index is 0.0926. The zero-order valence-electron chi connectivity index (χ0n) is 17.6. The minimum atomic E-state index is -0.373. The summed E-state index contributed by atoms with van der Waals surface area (Å²) in [6.45, 7) is 8.23. The summed E-state index contributed by atoms with van der Waals surface area (Å²) >= 11 is 1.66. The van der Waals surface area contributed by atoms with E-state index in [4.69, 9.17) is 9.31 Å². The molecule has 0 N–H and O–H groups in total. The normalized spacial score (nSPS) is 17.7. The van der Waals surface area contributed by atoms with Crippen LogP contribution in [0, 0.1) is 0 Å². The predicted octanol–water partition coefficient (Wildman–Crippen LogP) is 5.38. The van der Waals surface area contributed by atoms with Crippen molar-refractivity contribution in [1.29, 1.82) is 0 Å². The Hall–Kier alpha value is -2.47. The maximum atomic E-state index is 13.0. The van der Waals surface area contributed by atoms with Crippen molar-refractivity contribution in [3.05, 3.63) is 77.0 Å². The van der Waals surface area contributed by atoms with Crippen LogP contribution in [0.15, 0.2) is 71.5 Å². The molecule has 1 aliphatic heterocycles. The van der Waals surface area contributed by atoms with Crippen LogP contribution in [0.4, 0.5) is 0 Å². The smallest absolute Gasteiger partial charge is 0.399 e. The van der Waals surface area contributed by atoms with E-state index in [2.05, 4.69) is 45.9 Å². The first-order chi connectivity index (χ1) is 14.2. The topological polar surface area (TPSA) is 35.5 Å². The van der Waals surface area contributed by atoms with Crippen LogP contribution in [0.25, 0.3) is 31.3 Å². The Kier molecular flexibility index (Phi) is 4.40. The van der Waals surface area contributed by atoms with Gasteiger partial charge in [0.2, 0.25) is 0 Å². The summed E-state index contributed by atoms with van der Waals surface area (Å²) in [7, 11) is -0.373. The van der Waals surface area contributed by atoms with Gasteiger partial charge in [-0.15, -0.1) is 11.3 Å². The Labute approximate surface area is 180 Å². The van der Waals surface area contributed by atoms with Gasteiger partial charge in [-0.25, -0.2) is 0 Å². The van der Waals surface area contributed by atoms with Gasteiger partial charge in [0.15, 0.2) is 5.43 Å². The van der Waals surface area contributed by atoms with Gasteiger partial charge in [0.1, 0.15) is 0 Å². The van der Waals surface area contributed by atoms with Gasteiger partial charge in [-0.3, -0.25) is 4.79 Å². The van der Waals surface area contributed by atoms with Gasteiger partial charge < -0.3 is 9.31 Å². The molecule has 1 aliphatic rings. The highest BCUT2D eigenvalue weighted by molar-refractivity contribution is 7.24. The maximum Gasteiger partial charge on any atom is 0.494 e. The van der Waals surface area contributed by atoms with Crippen LogP contribution < -0.4 is 10.9 Å². The van der Waals surface area contributed by atoms with Gasteiger partial charge in [0, 0.05) is 20.2 Å². The van der Waals surface area contributed by atoms with Crippen molar-refractivity contribution in [2.75, 3.05) is 0 Å². The molecule has 0 spiro atoms. The third-order valence-electron chi connectivity index (χ3n) is 6.35. The molecule has 1 aromatic heterocycles. The molecule has 0 aliphatic carbocycles. The lowest BCUT2D eigenvalue weighted by atomic mass is 9.78. The van der Waals surface area contributed by atoms with Crippen LogP contribution in [0.1, 0.15) is 27.7 Å². The predicted molar refractivity (Wildman–Crippen MR) is 127 cm³/mol. The van der Waals surface area contributed by atoms with Crippen LogP contribution in [0.5, 0.6) is 0 Å². The second-order valence-corrected chi connectivity index (χ2v) is 9.93. The molecule has 5 rings (SSSR count). The fourth-order valence-electron chi connectivity index (χ4n) is 3.79. The van der Waals surface area contributed by atoms with E-state index in [9.17, 15) is 4.79 Å². The average Bonchev–Trinajstić information content (AvgIpc) is 2.95. The van der Waals surface area contributed by atoms with Crippen molar-refractivity contribution in [2.45, 2.75) is 38.9 Å². The Balaban J connectivity index is 1.51. The van der Waals surface area contributed by atoms with Gasteiger partial charge in [-0.1, -0.05) is 42.5 Å². The summed E-state index contributed by atoms with van der Waals surface area (Å²) in [5, 5.41) is 1.55. The standard InChI is InChI=1S/C25H23BO3S/c1-24(2)25(3,4)29-26(28-24)18-12-9-16(10-13-18)17-11-14-22-20(15-17)23(27)19-7-5-6-8-21(19)30-22/h5-15H,1-4H3. The van der Waals surface area contributed by atoms with Gasteiger partial charge >= 0.3 is 7.12 Å². The molecule has 3 aromatic carbocycles. The summed E-state index contributed by atoms with van der Waals surface area (Å²) < 4.78 is 14.3. The third kappa shape index (κ3) is 3.09. The molecule has 3 nitrogen and oxygen atoms in total. The molecular formula is C25H23BO3S. The second kappa shape index (κ2) is 6.77. The molecule has 1 fully saturated rings. The fraction of sp³-hybridized carbons (Fsp3) is 0.240. The van der Waals surface area contributed by atoms with Crippen molar-refractivity contribution in [3.8, 4) is 11.1 Å². The van der Waals surface area contributed by atoms with Crippen molar-refractivity contribution >= 4 is 44.1 Å². The van der Waals surface area contributed by atoms with E-state index in [-0.39, 0.29) is 23.7 Å². The second-order valence-electron chi connectivity index (χ2n) is 8.85. The van der Waals surface area contributed by atoms with E-state index in [1.165, 1.54) is 0 Å². The molecule has 30 heavy (non-hydrogen) atoms. The Bertz CT molecular complexity index is 1310. The number of hydrogen-bond acceptors (Lipinski definition) is 4. The molecule has 0 bridgehead atoms. The lowest BCUT2D eigenvalue weighted by molar-refractivity contribution is 0.00578. The highest BCUT2D eigenvalue weighted by Crippen LogP contribution is 2.36. The number of hydrogen-bond donors (Lipinski definition) is 0. The number of fused-ring (bicyclic) bond motifs is 2. The Morgan fingerprint density at radius 1 is 0.733 bits per heavy atom. The largest absolute Gasteiger partial charge is 0.494 e. The molecule has 5 heteroatoms. The Morgan fingerprint density at radius 3 is 2.03 bits per heavy atom. The molecule has 4 aromatic rings. The molecule has 0 radical (unpaired) electrons. The van der Waals surface area contributed by atoms with Crippen LogP contribution in [-0.2, 0) is 9.31 Å². The molecule has 2 heterocycles.